The molecule has 3 aromatic rings. The number of benzene rings is 1. The lowest BCUT2D eigenvalue weighted by Gasteiger charge is -2.05. The van der Waals surface area contributed by atoms with Crippen LogP contribution in [-0.4, -0.2) is 21.8 Å². The van der Waals surface area contributed by atoms with Gasteiger partial charge in [-0.25, -0.2) is 4.98 Å². The van der Waals surface area contributed by atoms with E-state index in [1.165, 1.54) is 11.1 Å². The van der Waals surface area contributed by atoms with Crippen molar-refractivity contribution in [2.24, 2.45) is 5.73 Å². The number of nitrogens with one attached hydrogen (secondary N) is 1. The minimum Gasteiger partial charge on any atom is -0.324 e. The average Bonchev–Trinajstić information content (AvgIpc) is 2.87. The summed E-state index contributed by atoms with van der Waals surface area (Å²) in [4.78, 5) is 16.2. The zero-order valence-electron chi connectivity index (χ0n) is 13.6. The van der Waals surface area contributed by atoms with Gasteiger partial charge in [0, 0.05) is 17.5 Å². The third-order valence-corrected chi connectivity index (χ3v) is 4.11. The van der Waals surface area contributed by atoms with Gasteiger partial charge in [-0.15, -0.1) is 0 Å². The number of aryl methyl sites for hydroxylation is 3. The van der Waals surface area contributed by atoms with E-state index in [-0.39, 0.29) is 12.5 Å². The van der Waals surface area contributed by atoms with E-state index < -0.39 is 0 Å². The predicted octanol–water partition coefficient (Wildman–Crippen LogP) is 2.82. The molecule has 1 amide bonds. The highest BCUT2D eigenvalue weighted by molar-refractivity contribution is 5.92. The largest absolute Gasteiger partial charge is 0.324 e. The van der Waals surface area contributed by atoms with Gasteiger partial charge in [0.2, 0.25) is 5.91 Å². The number of aromatic nitrogens is 2. The molecule has 0 atom stereocenters. The number of nitrogens with zero attached hydrogens (tertiary/aromatic N) is 2. The molecule has 1 aromatic carbocycles. The first kappa shape index (κ1) is 15.2. The molecule has 23 heavy (non-hydrogen) atoms. The Hall–Kier alpha value is -2.66. The third-order valence-electron chi connectivity index (χ3n) is 4.11. The normalized spacial score (nSPS) is 11.0. The summed E-state index contributed by atoms with van der Waals surface area (Å²) >= 11 is 0. The fraction of sp³-hybridized carbons (Fsp3) is 0.222. The van der Waals surface area contributed by atoms with Crippen molar-refractivity contribution in [3.05, 3.63) is 53.3 Å². The molecule has 2 heterocycles. The van der Waals surface area contributed by atoms with Gasteiger partial charge in [-0.05, 0) is 50.1 Å². The number of anilines is 1. The van der Waals surface area contributed by atoms with Crippen LogP contribution in [0.25, 0.3) is 16.9 Å². The fourth-order valence-corrected chi connectivity index (χ4v) is 2.61. The minimum atomic E-state index is -0.212. The van der Waals surface area contributed by atoms with Gasteiger partial charge in [-0.3, -0.25) is 4.79 Å². The van der Waals surface area contributed by atoms with Gasteiger partial charge < -0.3 is 15.5 Å². The smallest absolute Gasteiger partial charge is 0.238 e. The quantitative estimate of drug-likeness (QED) is 0.781. The monoisotopic (exact) mass is 308 g/mol. The SMILES string of the molecule is Cc1ccc(-c2nc3ccc(NC(=O)CN)cn3c2C)cc1C. The van der Waals surface area contributed by atoms with E-state index in [2.05, 4.69) is 37.4 Å². The highest BCUT2D eigenvalue weighted by atomic mass is 16.1. The molecule has 0 saturated carbocycles. The summed E-state index contributed by atoms with van der Waals surface area (Å²) < 4.78 is 1.98. The zero-order valence-corrected chi connectivity index (χ0v) is 13.6. The lowest BCUT2D eigenvalue weighted by Crippen LogP contribution is -2.21. The molecular formula is C18H20N4O. The molecule has 0 bridgehead atoms. The first-order valence-electron chi connectivity index (χ1n) is 7.56. The number of carbonyl (C=O) groups is 1. The minimum absolute atomic E-state index is 0.0329. The van der Waals surface area contributed by atoms with Crippen LogP contribution in [0.3, 0.4) is 0 Å². The number of amides is 1. The Morgan fingerprint density at radius 2 is 1.96 bits per heavy atom. The standard InChI is InChI=1S/C18H20N4O/c1-11-4-5-14(8-12(11)2)18-13(3)22-10-15(20-17(23)9-19)6-7-16(22)21-18/h4-8,10H,9,19H2,1-3H3,(H,20,23). The topological polar surface area (TPSA) is 72.4 Å². The Morgan fingerprint density at radius 1 is 1.17 bits per heavy atom. The molecule has 0 aliphatic carbocycles. The number of rotatable bonds is 3. The summed E-state index contributed by atoms with van der Waals surface area (Å²) in [5.74, 6) is -0.212. The average molecular weight is 308 g/mol. The number of fused-ring (bicyclic) bond motifs is 1. The molecule has 0 aliphatic heterocycles. The number of hydrogen-bond acceptors (Lipinski definition) is 3. The van der Waals surface area contributed by atoms with Crippen LogP contribution in [0.15, 0.2) is 36.5 Å². The molecule has 0 aliphatic rings. The maximum atomic E-state index is 11.4. The summed E-state index contributed by atoms with van der Waals surface area (Å²) in [5, 5.41) is 2.76. The molecular weight excluding hydrogens is 288 g/mol. The maximum absolute atomic E-state index is 11.4. The second-order valence-corrected chi connectivity index (χ2v) is 5.74. The Morgan fingerprint density at radius 3 is 2.65 bits per heavy atom. The van der Waals surface area contributed by atoms with Gasteiger partial charge in [0.15, 0.2) is 0 Å². The third kappa shape index (κ3) is 2.83. The summed E-state index contributed by atoms with van der Waals surface area (Å²) in [6.07, 6.45) is 1.87. The van der Waals surface area contributed by atoms with E-state index in [1.807, 2.05) is 29.7 Å². The Bertz CT molecular complexity index is 895. The number of nitrogens with two attached hydrogens (primary N) is 1. The Balaban J connectivity index is 2.07. The number of imidazole rings is 1. The lowest BCUT2D eigenvalue weighted by atomic mass is 10.0. The molecule has 5 nitrogen and oxygen atoms in total. The van der Waals surface area contributed by atoms with Crippen LogP contribution in [0.5, 0.6) is 0 Å². The summed E-state index contributed by atoms with van der Waals surface area (Å²) in [7, 11) is 0. The number of carbonyl (C=O) groups excluding carboxylic acids is 1. The summed E-state index contributed by atoms with van der Waals surface area (Å²) in [5.41, 5.74) is 12.5. The van der Waals surface area contributed by atoms with Crippen molar-refractivity contribution in [2.75, 3.05) is 11.9 Å². The molecule has 2 aromatic heterocycles. The molecule has 0 fully saturated rings. The van der Waals surface area contributed by atoms with E-state index in [1.54, 1.807) is 0 Å². The van der Waals surface area contributed by atoms with Crippen LogP contribution in [0.2, 0.25) is 0 Å². The highest BCUT2D eigenvalue weighted by Crippen LogP contribution is 2.26. The molecule has 118 valence electrons. The van der Waals surface area contributed by atoms with E-state index in [0.717, 1.165) is 22.6 Å². The molecule has 0 radical (unpaired) electrons. The van der Waals surface area contributed by atoms with Crippen LogP contribution >= 0.6 is 0 Å². The fourth-order valence-electron chi connectivity index (χ4n) is 2.61. The Kier molecular flexibility index (Phi) is 3.88. The van der Waals surface area contributed by atoms with Gasteiger partial charge in [0.05, 0.1) is 17.9 Å². The van der Waals surface area contributed by atoms with Crippen LogP contribution in [0, 0.1) is 20.8 Å². The molecule has 3 rings (SSSR count). The Labute approximate surface area is 135 Å². The van der Waals surface area contributed by atoms with Gasteiger partial charge in [-0.1, -0.05) is 12.1 Å². The van der Waals surface area contributed by atoms with Crippen molar-refractivity contribution < 1.29 is 4.79 Å². The van der Waals surface area contributed by atoms with Crippen molar-refractivity contribution >= 4 is 17.2 Å². The van der Waals surface area contributed by atoms with Gasteiger partial charge in [0.1, 0.15) is 5.65 Å². The van der Waals surface area contributed by atoms with Crippen molar-refractivity contribution in [1.82, 2.24) is 9.38 Å². The first-order chi connectivity index (χ1) is 11.0. The van der Waals surface area contributed by atoms with E-state index >= 15 is 0 Å². The van der Waals surface area contributed by atoms with Crippen LogP contribution in [-0.2, 0) is 4.79 Å². The van der Waals surface area contributed by atoms with Crippen molar-refractivity contribution in [1.29, 1.82) is 0 Å². The van der Waals surface area contributed by atoms with Crippen LogP contribution < -0.4 is 11.1 Å². The predicted molar refractivity (Wildman–Crippen MR) is 92.5 cm³/mol. The van der Waals surface area contributed by atoms with E-state index in [4.69, 9.17) is 10.7 Å². The molecule has 0 saturated heterocycles. The van der Waals surface area contributed by atoms with Crippen LogP contribution in [0.1, 0.15) is 16.8 Å². The van der Waals surface area contributed by atoms with E-state index in [9.17, 15) is 4.79 Å². The van der Waals surface area contributed by atoms with Crippen molar-refractivity contribution in [3.63, 3.8) is 0 Å². The molecule has 0 spiro atoms. The zero-order chi connectivity index (χ0) is 16.6. The summed E-state index contributed by atoms with van der Waals surface area (Å²) in [6, 6.07) is 10.1. The molecule has 5 heteroatoms. The number of hydrogen-bond donors (Lipinski definition) is 2. The van der Waals surface area contributed by atoms with Crippen LogP contribution in [0.4, 0.5) is 5.69 Å². The van der Waals surface area contributed by atoms with Gasteiger partial charge in [0.25, 0.3) is 0 Å². The van der Waals surface area contributed by atoms with Crippen molar-refractivity contribution in [3.8, 4) is 11.3 Å². The number of pyridine rings is 1. The van der Waals surface area contributed by atoms with Crippen molar-refractivity contribution in [2.45, 2.75) is 20.8 Å². The lowest BCUT2D eigenvalue weighted by molar-refractivity contribution is -0.114. The van der Waals surface area contributed by atoms with Gasteiger partial charge >= 0.3 is 0 Å². The maximum Gasteiger partial charge on any atom is 0.238 e. The molecule has 0 unspecified atom stereocenters. The highest BCUT2D eigenvalue weighted by Gasteiger charge is 2.12. The van der Waals surface area contributed by atoms with Gasteiger partial charge in [-0.2, -0.15) is 0 Å². The summed E-state index contributed by atoms with van der Waals surface area (Å²) in [6.45, 7) is 6.19. The molecule has 3 N–H and O–H groups in total. The second-order valence-electron chi connectivity index (χ2n) is 5.74. The van der Waals surface area contributed by atoms with E-state index in [0.29, 0.717) is 5.69 Å². The second kappa shape index (κ2) is 5.85. The first-order valence-corrected chi connectivity index (χ1v) is 7.56.